The zero-order valence-electron chi connectivity index (χ0n) is 12.7. The van der Waals surface area contributed by atoms with Gasteiger partial charge in [-0.25, -0.2) is 9.78 Å². The minimum absolute atomic E-state index is 0.114. The van der Waals surface area contributed by atoms with Gasteiger partial charge >= 0.3 is 5.97 Å². The number of anilines is 1. The van der Waals surface area contributed by atoms with E-state index in [1.165, 1.54) is 12.3 Å². The summed E-state index contributed by atoms with van der Waals surface area (Å²) in [7, 11) is 0. The summed E-state index contributed by atoms with van der Waals surface area (Å²) < 4.78 is 0. The van der Waals surface area contributed by atoms with Gasteiger partial charge in [-0.3, -0.25) is 9.59 Å². The summed E-state index contributed by atoms with van der Waals surface area (Å²) in [6, 6.07) is 2.89. The second-order valence-electron chi connectivity index (χ2n) is 6.12. The topological polar surface area (TPSA) is 99.6 Å². The highest BCUT2D eigenvalue weighted by Crippen LogP contribution is 2.32. The van der Waals surface area contributed by atoms with Crippen molar-refractivity contribution in [1.82, 2.24) is 9.88 Å². The second kappa shape index (κ2) is 6.36. The van der Waals surface area contributed by atoms with Gasteiger partial charge in [-0.05, 0) is 37.8 Å². The van der Waals surface area contributed by atoms with E-state index in [1.54, 1.807) is 11.0 Å². The lowest BCUT2D eigenvalue weighted by molar-refractivity contribution is -0.135. The van der Waals surface area contributed by atoms with Crippen LogP contribution in [-0.2, 0) is 9.59 Å². The maximum Gasteiger partial charge on any atom is 0.354 e. The number of carbonyl (C=O) groups excluding carboxylic acids is 2. The Kier molecular flexibility index (Phi) is 4.27. The van der Waals surface area contributed by atoms with Crippen LogP contribution in [0.3, 0.4) is 0 Å². The molecule has 7 heteroatoms. The number of aromatic carboxylic acids is 1. The fourth-order valence-electron chi connectivity index (χ4n) is 2.85. The van der Waals surface area contributed by atoms with Crippen molar-refractivity contribution in [3.8, 4) is 0 Å². The molecule has 1 aromatic rings. The Morgan fingerprint density at radius 1 is 1.22 bits per heavy atom. The molecule has 122 valence electrons. The van der Waals surface area contributed by atoms with Gasteiger partial charge in [0.15, 0.2) is 0 Å². The van der Waals surface area contributed by atoms with E-state index < -0.39 is 5.97 Å². The van der Waals surface area contributed by atoms with Crippen molar-refractivity contribution in [2.45, 2.75) is 25.7 Å². The highest BCUT2D eigenvalue weighted by molar-refractivity contribution is 5.94. The quantitative estimate of drug-likeness (QED) is 0.873. The Morgan fingerprint density at radius 3 is 2.70 bits per heavy atom. The Balaban J connectivity index is 1.62. The Morgan fingerprint density at radius 2 is 2.00 bits per heavy atom. The van der Waals surface area contributed by atoms with Crippen LogP contribution in [0.15, 0.2) is 18.3 Å². The number of piperidine rings is 1. The smallest absolute Gasteiger partial charge is 0.354 e. The van der Waals surface area contributed by atoms with Gasteiger partial charge in [-0.15, -0.1) is 0 Å². The van der Waals surface area contributed by atoms with Crippen molar-refractivity contribution in [2.75, 3.05) is 18.4 Å². The number of likely N-dealkylation sites (tertiary alicyclic amines) is 1. The number of rotatable bonds is 4. The van der Waals surface area contributed by atoms with Crippen molar-refractivity contribution in [2.24, 2.45) is 11.8 Å². The van der Waals surface area contributed by atoms with Gasteiger partial charge in [0, 0.05) is 30.9 Å². The molecule has 0 aromatic carbocycles. The number of nitrogens with zero attached hydrogens (tertiary/aromatic N) is 2. The average Bonchev–Trinajstić information content (AvgIpc) is 3.39. The van der Waals surface area contributed by atoms with E-state index in [2.05, 4.69) is 10.3 Å². The molecule has 1 aliphatic carbocycles. The van der Waals surface area contributed by atoms with E-state index in [4.69, 9.17) is 5.11 Å². The minimum Gasteiger partial charge on any atom is -0.477 e. The van der Waals surface area contributed by atoms with Gasteiger partial charge in [0.2, 0.25) is 11.8 Å². The maximum atomic E-state index is 12.4. The molecule has 0 spiro atoms. The monoisotopic (exact) mass is 317 g/mol. The number of nitrogens with one attached hydrogen (secondary N) is 1. The lowest BCUT2D eigenvalue weighted by atomic mass is 9.96. The first-order valence-corrected chi connectivity index (χ1v) is 7.83. The molecule has 1 atom stereocenters. The molecular weight excluding hydrogens is 298 g/mol. The SMILES string of the molecule is O=C(O)c1cc(NC(=O)C2CCCN(C(=O)C3CC3)C2)ccn1. The van der Waals surface area contributed by atoms with Gasteiger partial charge < -0.3 is 15.3 Å². The first kappa shape index (κ1) is 15.5. The molecule has 1 unspecified atom stereocenters. The highest BCUT2D eigenvalue weighted by Gasteiger charge is 2.36. The zero-order valence-corrected chi connectivity index (χ0v) is 12.7. The standard InChI is InChI=1S/C16H19N3O4/c20-14(18-12-5-6-17-13(8-12)16(22)23)11-2-1-7-19(9-11)15(21)10-3-4-10/h5-6,8,10-11H,1-4,7,9H2,(H,22,23)(H,17,18,20). The predicted octanol–water partition coefficient (Wildman–Crippen LogP) is 1.37. The van der Waals surface area contributed by atoms with Gasteiger partial charge in [-0.2, -0.15) is 0 Å². The van der Waals surface area contributed by atoms with Crippen LogP contribution in [0.25, 0.3) is 0 Å². The van der Waals surface area contributed by atoms with Crippen molar-refractivity contribution in [3.05, 3.63) is 24.0 Å². The normalized spacial score (nSPS) is 20.9. The molecule has 1 saturated heterocycles. The minimum atomic E-state index is -1.14. The summed E-state index contributed by atoms with van der Waals surface area (Å²) in [6.45, 7) is 1.16. The van der Waals surface area contributed by atoms with Crippen molar-refractivity contribution in [3.63, 3.8) is 0 Å². The van der Waals surface area contributed by atoms with Gasteiger partial charge in [0.25, 0.3) is 0 Å². The van der Waals surface area contributed by atoms with E-state index in [9.17, 15) is 14.4 Å². The number of aromatic nitrogens is 1. The van der Waals surface area contributed by atoms with Crippen LogP contribution < -0.4 is 5.32 Å². The third-order valence-corrected chi connectivity index (χ3v) is 4.28. The third-order valence-electron chi connectivity index (χ3n) is 4.28. The second-order valence-corrected chi connectivity index (χ2v) is 6.12. The molecule has 0 bridgehead atoms. The molecule has 2 fully saturated rings. The molecular formula is C16H19N3O4. The molecule has 1 aliphatic heterocycles. The summed E-state index contributed by atoms with van der Waals surface area (Å²) in [5.74, 6) is -1.25. The molecule has 3 rings (SSSR count). The van der Waals surface area contributed by atoms with Crippen molar-refractivity contribution >= 4 is 23.5 Å². The average molecular weight is 317 g/mol. The molecule has 7 nitrogen and oxygen atoms in total. The summed E-state index contributed by atoms with van der Waals surface area (Å²) in [5.41, 5.74) is 0.296. The van der Waals surface area contributed by atoms with Gasteiger partial charge in [-0.1, -0.05) is 0 Å². The van der Waals surface area contributed by atoms with Crippen LogP contribution >= 0.6 is 0 Å². The fourth-order valence-corrected chi connectivity index (χ4v) is 2.85. The van der Waals surface area contributed by atoms with Gasteiger partial charge in [0.05, 0.1) is 5.92 Å². The number of hydrogen-bond acceptors (Lipinski definition) is 4. The zero-order chi connectivity index (χ0) is 16.4. The van der Waals surface area contributed by atoms with E-state index in [0.717, 1.165) is 32.2 Å². The van der Waals surface area contributed by atoms with Gasteiger partial charge in [0.1, 0.15) is 5.69 Å². The number of pyridine rings is 1. The Hall–Kier alpha value is -2.44. The summed E-state index contributed by atoms with van der Waals surface area (Å²) in [6.07, 6.45) is 4.82. The first-order chi connectivity index (χ1) is 11.0. The molecule has 2 amide bonds. The molecule has 2 N–H and O–H groups in total. The van der Waals surface area contributed by atoms with Crippen LogP contribution in [0.4, 0.5) is 5.69 Å². The molecule has 1 saturated carbocycles. The van der Waals surface area contributed by atoms with Crippen LogP contribution in [-0.4, -0.2) is 45.9 Å². The highest BCUT2D eigenvalue weighted by atomic mass is 16.4. The maximum absolute atomic E-state index is 12.4. The number of hydrogen-bond donors (Lipinski definition) is 2. The molecule has 1 aromatic heterocycles. The Labute approximate surface area is 133 Å². The van der Waals surface area contributed by atoms with E-state index in [0.29, 0.717) is 12.2 Å². The number of carboxylic acids is 1. The Bertz CT molecular complexity index is 642. The van der Waals surface area contributed by atoms with Crippen molar-refractivity contribution < 1.29 is 19.5 Å². The molecule has 2 aliphatic rings. The third kappa shape index (κ3) is 3.67. The first-order valence-electron chi connectivity index (χ1n) is 7.83. The van der Waals surface area contributed by atoms with Crippen molar-refractivity contribution in [1.29, 1.82) is 0 Å². The fraction of sp³-hybridized carbons (Fsp3) is 0.500. The summed E-state index contributed by atoms with van der Waals surface area (Å²) in [5, 5.41) is 11.7. The largest absolute Gasteiger partial charge is 0.477 e. The summed E-state index contributed by atoms with van der Waals surface area (Å²) >= 11 is 0. The van der Waals surface area contributed by atoms with E-state index in [1.807, 2.05) is 0 Å². The molecule has 0 radical (unpaired) electrons. The lowest BCUT2D eigenvalue weighted by Crippen LogP contribution is -2.44. The number of carboxylic acid groups (broad SMARTS) is 1. The van der Waals surface area contributed by atoms with Crippen LogP contribution in [0.2, 0.25) is 0 Å². The summed E-state index contributed by atoms with van der Waals surface area (Å²) in [4.78, 5) is 40.9. The van der Waals surface area contributed by atoms with E-state index >= 15 is 0 Å². The van der Waals surface area contributed by atoms with Crippen LogP contribution in [0, 0.1) is 11.8 Å². The number of carbonyl (C=O) groups is 3. The number of amides is 2. The molecule has 23 heavy (non-hydrogen) atoms. The lowest BCUT2D eigenvalue weighted by Gasteiger charge is -2.32. The predicted molar refractivity (Wildman–Crippen MR) is 81.9 cm³/mol. The van der Waals surface area contributed by atoms with E-state index in [-0.39, 0.29) is 29.3 Å². The van der Waals surface area contributed by atoms with Crippen LogP contribution in [0.1, 0.15) is 36.2 Å². The van der Waals surface area contributed by atoms with Crippen LogP contribution in [0.5, 0.6) is 0 Å². The molecule has 2 heterocycles.